The highest BCUT2D eigenvalue weighted by molar-refractivity contribution is 5.85. The smallest absolute Gasteiger partial charge is 0.417 e. The summed E-state index contributed by atoms with van der Waals surface area (Å²) in [6.07, 6.45) is -2.16. The molecule has 0 bridgehead atoms. The molecular formula is C28H22F3N3O7. The first-order valence-electron chi connectivity index (χ1n) is 12.4. The topological polar surface area (TPSA) is 124 Å². The Morgan fingerprint density at radius 3 is 2.17 bits per heavy atom. The van der Waals surface area contributed by atoms with Crippen LogP contribution in [0, 0.1) is 0 Å². The lowest BCUT2D eigenvalue weighted by Crippen LogP contribution is -2.43. The molecule has 1 aliphatic heterocycles. The van der Waals surface area contributed by atoms with Crippen molar-refractivity contribution in [3.63, 3.8) is 0 Å². The number of carboxylic acid groups (broad SMARTS) is 1. The molecule has 1 N–H and O–H groups in total. The molecule has 1 aliphatic rings. The summed E-state index contributed by atoms with van der Waals surface area (Å²) in [6, 6.07) is 15.0. The summed E-state index contributed by atoms with van der Waals surface area (Å²) >= 11 is 0. The number of rotatable bonds is 7. The van der Waals surface area contributed by atoms with Gasteiger partial charge in [0.05, 0.1) is 5.56 Å². The van der Waals surface area contributed by atoms with Gasteiger partial charge in [-0.15, -0.1) is 0 Å². The van der Waals surface area contributed by atoms with Crippen LogP contribution in [0.5, 0.6) is 23.1 Å². The summed E-state index contributed by atoms with van der Waals surface area (Å²) in [5, 5.41) is 8.97. The SMILES string of the molecule is O=C(O)c1coc(-c2ccc(OC3CCN(C(=O)Oc4ccc(Oc5ccc(C(F)(F)F)cn5)cc4)CC3)cc2)n1. The Hall–Kier alpha value is -5.07. The molecule has 41 heavy (non-hydrogen) atoms. The number of amides is 1. The van der Waals surface area contributed by atoms with Crippen LogP contribution in [0.2, 0.25) is 0 Å². The highest BCUT2D eigenvalue weighted by atomic mass is 19.4. The zero-order valence-electron chi connectivity index (χ0n) is 21.2. The number of alkyl halides is 3. The van der Waals surface area contributed by atoms with Gasteiger partial charge in [0.1, 0.15) is 29.6 Å². The summed E-state index contributed by atoms with van der Waals surface area (Å²) < 4.78 is 60.1. The third-order valence-electron chi connectivity index (χ3n) is 6.14. The second-order valence-corrected chi connectivity index (χ2v) is 9.00. The highest BCUT2D eigenvalue weighted by Gasteiger charge is 2.31. The summed E-state index contributed by atoms with van der Waals surface area (Å²) in [5.74, 6) is 0.229. The molecule has 0 aliphatic carbocycles. The van der Waals surface area contributed by atoms with E-state index < -0.39 is 23.8 Å². The third kappa shape index (κ3) is 6.93. The Balaban J connectivity index is 1.07. The minimum absolute atomic E-state index is 0.00682. The predicted octanol–water partition coefficient (Wildman–Crippen LogP) is 6.29. The molecule has 0 radical (unpaired) electrons. The molecule has 2 aromatic carbocycles. The second-order valence-electron chi connectivity index (χ2n) is 9.00. The van der Waals surface area contributed by atoms with Crippen LogP contribution in [0.25, 0.3) is 11.5 Å². The predicted molar refractivity (Wildman–Crippen MR) is 136 cm³/mol. The maximum absolute atomic E-state index is 12.7. The van der Waals surface area contributed by atoms with Gasteiger partial charge in [0.15, 0.2) is 5.69 Å². The van der Waals surface area contributed by atoms with E-state index in [0.717, 1.165) is 18.4 Å². The Bertz CT molecular complexity index is 1500. The van der Waals surface area contributed by atoms with E-state index >= 15 is 0 Å². The van der Waals surface area contributed by atoms with Crippen molar-refractivity contribution in [2.45, 2.75) is 25.1 Å². The number of hydrogen-bond acceptors (Lipinski definition) is 8. The maximum atomic E-state index is 12.7. The van der Waals surface area contributed by atoms with Crippen molar-refractivity contribution in [3.8, 4) is 34.6 Å². The first-order chi connectivity index (χ1) is 19.6. The fraction of sp³-hybridized carbons (Fsp3) is 0.214. The first kappa shape index (κ1) is 27.5. The average Bonchev–Trinajstić information content (AvgIpc) is 3.46. The monoisotopic (exact) mass is 569 g/mol. The minimum atomic E-state index is -4.48. The van der Waals surface area contributed by atoms with Crippen LogP contribution in [0.3, 0.4) is 0 Å². The van der Waals surface area contributed by atoms with Crippen molar-refractivity contribution in [2.24, 2.45) is 0 Å². The average molecular weight is 569 g/mol. The zero-order chi connectivity index (χ0) is 29.0. The quantitative estimate of drug-likeness (QED) is 0.273. The van der Waals surface area contributed by atoms with Gasteiger partial charge < -0.3 is 28.6 Å². The van der Waals surface area contributed by atoms with Crippen molar-refractivity contribution < 1.29 is 46.5 Å². The van der Waals surface area contributed by atoms with Gasteiger partial charge in [0.25, 0.3) is 0 Å². The number of piperidine rings is 1. The van der Waals surface area contributed by atoms with Gasteiger partial charge in [-0.1, -0.05) is 0 Å². The molecule has 212 valence electrons. The summed E-state index contributed by atoms with van der Waals surface area (Å²) in [7, 11) is 0. The molecular weight excluding hydrogens is 547 g/mol. The van der Waals surface area contributed by atoms with Gasteiger partial charge in [-0.25, -0.2) is 19.6 Å². The Labute approximate surface area is 230 Å². The number of carbonyl (C=O) groups excluding carboxylic acids is 1. The summed E-state index contributed by atoms with van der Waals surface area (Å²) in [4.78, 5) is 32.7. The molecule has 1 fully saturated rings. The van der Waals surface area contributed by atoms with Gasteiger partial charge in [0.2, 0.25) is 11.8 Å². The largest absolute Gasteiger partial charge is 0.490 e. The number of pyridine rings is 1. The molecule has 2 aromatic heterocycles. The Morgan fingerprint density at radius 1 is 0.927 bits per heavy atom. The number of oxazole rings is 1. The van der Waals surface area contributed by atoms with Crippen LogP contribution in [-0.4, -0.2) is 51.2 Å². The number of aromatic nitrogens is 2. The van der Waals surface area contributed by atoms with Crippen molar-refractivity contribution in [1.29, 1.82) is 0 Å². The number of likely N-dealkylation sites (tertiary alicyclic amines) is 1. The van der Waals surface area contributed by atoms with E-state index in [2.05, 4.69) is 9.97 Å². The molecule has 0 atom stereocenters. The van der Waals surface area contributed by atoms with Crippen LogP contribution >= 0.6 is 0 Å². The molecule has 13 heteroatoms. The zero-order valence-corrected chi connectivity index (χ0v) is 21.2. The number of halogens is 3. The van der Waals surface area contributed by atoms with Gasteiger partial charge in [-0.2, -0.15) is 13.2 Å². The fourth-order valence-electron chi connectivity index (χ4n) is 4.00. The lowest BCUT2D eigenvalue weighted by Gasteiger charge is -2.31. The number of hydrogen-bond donors (Lipinski definition) is 1. The Kier molecular flexibility index (Phi) is 7.77. The van der Waals surface area contributed by atoms with Crippen molar-refractivity contribution >= 4 is 12.1 Å². The minimum Gasteiger partial charge on any atom is -0.490 e. The standard InChI is InChI=1S/C28H22F3N3O7/c29-28(30,31)18-3-10-24(32-15-18)40-20-6-8-21(9-7-20)41-27(37)34-13-11-22(12-14-34)39-19-4-1-17(2-5-19)25-33-23(16-38-25)26(35)36/h1-10,15-16,22H,11-14H2,(H,35,36). The van der Waals surface area contributed by atoms with Gasteiger partial charge in [-0.3, -0.25) is 0 Å². The van der Waals surface area contributed by atoms with Crippen LogP contribution in [0.15, 0.2) is 77.5 Å². The summed E-state index contributed by atoms with van der Waals surface area (Å²) in [5.41, 5.74) is -0.441. The maximum Gasteiger partial charge on any atom is 0.417 e. The van der Waals surface area contributed by atoms with Crippen molar-refractivity contribution in [1.82, 2.24) is 14.9 Å². The van der Waals surface area contributed by atoms with E-state index in [9.17, 15) is 22.8 Å². The van der Waals surface area contributed by atoms with Gasteiger partial charge >= 0.3 is 18.2 Å². The lowest BCUT2D eigenvalue weighted by molar-refractivity contribution is -0.137. The second kappa shape index (κ2) is 11.6. The van der Waals surface area contributed by atoms with E-state index in [0.29, 0.717) is 49.2 Å². The number of carboxylic acids is 1. The number of ether oxygens (including phenoxy) is 3. The molecule has 5 rings (SSSR count). The van der Waals surface area contributed by atoms with E-state index in [4.69, 9.17) is 23.7 Å². The number of aromatic carboxylic acids is 1. The van der Waals surface area contributed by atoms with Crippen LogP contribution in [-0.2, 0) is 6.18 Å². The molecule has 1 amide bonds. The van der Waals surface area contributed by atoms with E-state index in [1.165, 1.54) is 24.3 Å². The van der Waals surface area contributed by atoms with E-state index in [1.807, 2.05) is 0 Å². The van der Waals surface area contributed by atoms with Crippen molar-refractivity contribution in [3.05, 3.63) is 84.4 Å². The molecule has 1 saturated heterocycles. The van der Waals surface area contributed by atoms with Gasteiger partial charge in [0, 0.05) is 43.8 Å². The van der Waals surface area contributed by atoms with Crippen molar-refractivity contribution in [2.75, 3.05) is 13.1 Å². The lowest BCUT2D eigenvalue weighted by atomic mass is 10.1. The number of benzene rings is 2. The van der Waals surface area contributed by atoms with E-state index in [1.54, 1.807) is 29.2 Å². The fourth-order valence-corrected chi connectivity index (χ4v) is 4.00. The molecule has 4 aromatic rings. The van der Waals surface area contributed by atoms with E-state index in [-0.39, 0.29) is 29.3 Å². The highest BCUT2D eigenvalue weighted by Crippen LogP contribution is 2.30. The Morgan fingerprint density at radius 2 is 1.59 bits per heavy atom. The van der Waals surface area contributed by atoms with Crippen LogP contribution in [0.1, 0.15) is 28.9 Å². The summed E-state index contributed by atoms with van der Waals surface area (Å²) in [6.45, 7) is 0.854. The van der Waals surface area contributed by atoms with Gasteiger partial charge in [-0.05, 0) is 54.6 Å². The van der Waals surface area contributed by atoms with Crippen LogP contribution < -0.4 is 14.2 Å². The normalized spacial score (nSPS) is 14.0. The van der Waals surface area contributed by atoms with Crippen LogP contribution in [0.4, 0.5) is 18.0 Å². The molecule has 0 saturated carbocycles. The molecule has 3 heterocycles. The molecule has 0 unspecified atom stereocenters. The molecule has 10 nitrogen and oxygen atoms in total. The third-order valence-corrected chi connectivity index (χ3v) is 6.14. The first-order valence-corrected chi connectivity index (χ1v) is 12.4. The number of carbonyl (C=O) groups is 2. The molecule has 0 spiro atoms. The number of nitrogens with zero attached hydrogens (tertiary/aromatic N) is 3.